The Morgan fingerprint density at radius 1 is 1.19 bits per heavy atom. The highest BCUT2D eigenvalue weighted by molar-refractivity contribution is 7.92. The number of halogens is 1. The Labute approximate surface area is 311 Å². The number of carbonyl (C=O) groups is 2. The van der Waals surface area contributed by atoms with E-state index in [1.165, 1.54) is 11.1 Å². The average Bonchev–Trinajstić information content (AvgIpc) is 3.82. The van der Waals surface area contributed by atoms with Crippen LogP contribution in [0.15, 0.2) is 65.3 Å². The molecule has 10 nitrogen and oxygen atoms in total. The summed E-state index contributed by atoms with van der Waals surface area (Å²) >= 11 is 6.47. The van der Waals surface area contributed by atoms with Gasteiger partial charge in [0.15, 0.2) is 0 Å². The average molecular weight is 746 g/mol. The molecule has 1 aromatic heterocycles. The Kier molecular flexibility index (Phi) is 9.49. The molecule has 2 aliphatic heterocycles. The lowest BCUT2D eigenvalue weighted by atomic mass is 9.68. The molecule has 3 heterocycles. The summed E-state index contributed by atoms with van der Waals surface area (Å²) in [5.41, 5.74) is 4.43. The first-order valence-corrected chi connectivity index (χ1v) is 20.7. The summed E-state index contributed by atoms with van der Waals surface area (Å²) in [7, 11) is 0.151. The number of benzene rings is 2. The second-order valence-electron chi connectivity index (χ2n) is 15.8. The maximum Gasteiger partial charge on any atom is 0.286 e. The van der Waals surface area contributed by atoms with Crippen molar-refractivity contribution in [2.24, 2.45) is 35.1 Å². The van der Waals surface area contributed by atoms with E-state index < -0.39 is 15.8 Å². The summed E-state index contributed by atoms with van der Waals surface area (Å²) in [5.74, 6) is 0.107. The molecule has 3 unspecified atom stereocenters. The number of hydrogen-bond donors (Lipinski definition) is 1. The number of ether oxygens (including phenoxy) is 2. The molecule has 0 radical (unpaired) electrons. The van der Waals surface area contributed by atoms with Gasteiger partial charge in [-0.3, -0.25) is 19.0 Å². The van der Waals surface area contributed by atoms with Gasteiger partial charge < -0.3 is 14.4 Å². The SMILES string of the molecule is CO[C@H]1/C=C/C[C@H](C)CS(=O)(NC(=O)C2CC2c2cnn(C)c2)=NC(=O)c2ccc3c(c2)N(C[C@@H]2CC[C@H]21)C[C@@]1(CCCc2cc(Cl)ccc21)CO3. The van der Waals surface area contributed by atoms with Gasteiger partial charge in [0.2, 0.25) is 5.91 Å². The highest BCUT2D eigenvalue weighted by atomic mass is 35.5. The number of aryl methyl sites for hydroxylation is 2. The van der Waals surface area contributed by atoms with E-state index in [0.29, 0.717) is 42.6 Å². The largest absolute Gasteiger partial charge is 0.490 e. The zero-order valence-electron chi connectivity index (χ0n) is 30.1. The van der Waals surface area contributed by atoms with Gasteiger partial charge >= 0.3 is 0 Å². The molecule has 2 fully saturated rings. The number of rotatable bonds is 4. The molecule has 8 atom stereocenters. The van der Waals surface area contributed by atoms with Gasteiger partial charge in [0, 0.05) is 55.4 Å². The van der Waals surface area contributed by atoms with Crippen LogP contribution in [0, 0.1) is 23.7 Å². The zero-order chi connectivity index (χ0) is 36.2. The Bertz CT molecular complexity index is 2040. The molecule has 3 aromatic rings. The van der Waals surface area contributed by atoms with E-state index >= 15 is 0 Å². The third-order valence-electron chi connectivity index (χ3n) is 12.1. The molecule has 2 bridgehead atoms. The van der Waals surface area contributed by atoms with Crippen LogP contribution in [0.4, 0.5) is 5.69 Å². The molecule has 8 rings (SSSR count). The predicted molar refractivity (Wildman–Crippen MR) is 202 cm³/mol. The Morgan fingerprint density at radius 2 is 2.06 bits per heavy atom. The molecule has 12 heteroatoms. The van der Waals surface area contributed by atoms with Gasteiger partial charge in [-0.15, -0.1) is 4.36 Å². The number of nitrogens with zero attached hydrogens (tertiary/aromatic N) is 4. The quantitative estimate of drug-likeness (QED) is 0.299. The van der Waals surface area contributed by atoms with Gasteiger partial charge in [-0.25, -0.2) is 4.21 Å². The number of fused-ring (bicyclic) bond motifs is 4. The fraction of sp³-hybridized carbons (Fsp3) is 0.525. The second-order valence-corrected chi connectivity index (χ2v) is 18.3. The topological polar surface area (TPSA) is 115 Å². The van der Waals surface area contributed by atoms with Crippen LogP contribution in [0.2, 0.25) is 5.02 Å². The van der Waals surface area contributed by atoms with Gasteiger partial charge in [0.25, 0.3) is 5.91 Å². The molecular formula is C40H48ClN5O5S. The number of carbonyl (C=O) groups excluding carboxylic acids is 2. The van der Waals surface area contributed by atoms with Crippen molar-refractivity contribution in [3.8, 4) is 5.75 Å². The minimum absolute atomic E-state index is 0.00670. The minimum Gasteiger partial charge on any atom is -0.490 e. The van der Waals surface area contributed by atoms with Crippen LogP contribution in [0.1, 0.15) is 78.4 Å². The molecule has 52 heavy (non-hydrogen) atoms. The highest BCUT2D eigenvalue weighted by Gasteiger charge is 2.46. The maximum absolute atomic E-state index is 14.6. The van der Waals surface area contributed by atoms with E-state index in [9.17, 15) is 13.8 Å². The number of methoxy groups -OCH3 is 1. The van der Waals surface area contributed by atoms with Gasteiger partial charge in [-0.1, -0.05) is 36.7 Å². The summed E-state index contributed by atoms with van der Waals surface area (Å²) in [6.45, 7) is 4.01. The van der Waals surface area contributed by atoms with Crippen LogP contribution < -0.4 is 14.4 Å². The monoisotopic (exact) mass is 745 g/mol. The van der Waals surface area contributed by atoms with Gasteiger partial charge in [-0.05, 0) is 116 Å². The summed E-state index contributed by atoms with van der Waals surface area (Å²) in [4.78, 5) is 30.0. The third-order valence-corrected chi connectivity index (χ3v) is 14.3. The fourth-order valence-electron chi connectivity index (χ4n) is 9.08. The van der Waals surface area contributed by atoms with E-state index in [4.69, 9.17) is 21.1 Å². The van der Waals surface area contributed by atoms with Crippen LogP contribution in [-0.2, 0) is 38.3 Å². The van der Waals surface area contributed by atoms with Crippen molar-refractivity contribution in [2.45, 2.75) is 69.3 Å². The molecule has 1 spiro atoms. The standard InChI is InChI=1S/C40H48ClN5O5S/c1-25-6-4-8-36(50-3)31-12-9-28(31)21-46-23-40(15-5-7-26-16-30(41)11-13-34(26)40)24-51-37-14-10-27(17-35(37)46)38(47)43-52(49,22-25)44-39(48)33-18-32(33)29-19-42-45(2)20-29/h4,8,10-11,13-14,16-17,19-20,25,28,31-33,36H,5-7,9,12,15,18,21-24H2,1-3H3,(H,43,44,47,48,49)/b8-4+/t25-,28-,31+,32?,33?,36-,40-,52?/m0/s1. The van der Waals surface area contributed by atoms with E-state index in [2.05, 4.69) is 43.4 Å². The normalized spacial score (nSPS) is 33.4. The molecule has 1 N–H and O–H groups in total. The summed E-state index contributed by atoms with van der Waals surface area (Å²) in [5, 5.41) is 4.99. The van der Waals surface area contributed by atoms with Crippen molar-refractivity contribution in [3.05, 3.63) is 88.2 Å². The van der Waals surface area contributed by atoms with Gasteiger partial charge in [0.1, 0.15) is 15.7 Å². The van der Waals surface area contributed by atoms with Crippen LogP contribution in [0.5, 0.6) is 5.75 Å². The first-order valence-electron chi connectivity index (χ1n) is 18.6. The first-order chi connectivity index (χ1) is 25.0. The van der Waals surface area contributed by atoms with E-state index in [1.54, 1.807) is 24.1 Å². The van der Waals surface area contributed by atoms with Crippen molar-refractivity contribution < 1.29 is 23.3 Å². The van der Waals surface area contributed by atoms with Crippen molar-refractivity contribution in [1.82, 2.24) is 14.5 Å². The molecular weight excluding hydrogens is 698 g/mol. The van der Waals surface area contributed by atoms with Crippen molar-refractivity contribution in [1.29, 1.82) is 0 Å². The number of allylic oxidation sites excluding steroid dienone is 1. The molecule has 3 aliphatic carbocycles. The van der Waals surface area contributed by atoms with E-state index in [1.807, 2.05) is 38.4 Å². The van der Waals surface area contributed by atoms with E-state index in [-0.39, 0.29) is 40.9 Å². The zero-order valence-corrected chi connectivity index (χ0v) is 31.7. The van der Waals surface area contributed by atoms with Gasteiger partial charge in [0.05, 0.1) is 30.3 Å². The van der Waals surface area contributed by atoms with Crippen LogP contribution in [0.3, 0.4) is 0 Å². The molecule has 2 amide bonds. The smallest absolute Gasteiger partial charge is 0.286 e. The van der Waals surface area contributed by atoms with E-state index in [0.717, 1.165) is 61.5 Å². The summed E-state index contributed by atoms with van der Waals surface area (Å²) in [6, 6.07) is 11.7. The van der Waals surface area contributed by atoms with Crippen LogP contribution >= 0.6 is 11.6 Å². The lowest BCUT2D eigenvalue weighted by Gasteiger charge is -2.46. The second kappa shape index (κ2) is 14.0. The number of hydrogen-bond acceptors (Lipinski definition) is 7. The van der Waals surface area contributed by atoms with Crippen molar-refractivity contribution in [3.63, 3.8) is 0 Å². The molecule has 2 saturated carbocycles. The Hall–Kier alpha value is -3.67. The van der Waals surface area contributed by atoms with Crippen LogP contribution in [-0.4, -0.2) is 64.5 Å². The van der Waals surface area contributed by atoms with Gasteiger partial charge in [-0.2, -0.15) is 5.10 Å². The predicted octanol–water partition coefficient (Wildman–Crippen LogP) is 6.63. The number of amides is 2. The van der Waals surface area contributed by atoms with Crippen molar-refractivity contribution in [2.75, 3.05) is 37.5 Å². The summed E-state index contributed by atoms with van der Waals surface area (Å²) < 4.78 is 36.2. The number of nitrogens with one attached hydrogen (secondary N) is 1. The summed E-state index contributed by atoms with van der Waals surface area (Å²) in [6.07, 6.45) is 14.3. The fourth-order valence-corrected chi connectivity index (χ4v) is 11.2. The Balaban J connectivity index is 1.16. The molecule has 0 saturated heterocycles. The lowest BCUT2D eigenvalue weighted by molar-refractivity contribution is -0.120. The first kappa shape index (κ1) is 35.4. The minimum atomic E-state index is -3.46. The number of aromatic nitrogens is 2. The molecule has 2 aromatic carbocycles. The Morgan fingerprint density at radius 3 is 2.83 bits per heavy atom. The molecule has 276 valence electrons. The highest BCUT2D eigenvalue weighted by Crippen LogP contribution is 2.48. The molecule has 5 aliphatic rings. The maximum atomic E-state index is 14.6. The lowest BCUT2D eigenvalue weighted by Crippen LogP contribution is -2.49. The third kappa shape index (κ3) is 6.92. The van der Waals surface area contributed by atoms with Crippen LogP contribution in [0.25, 0.3) is 0 Å². The number of anilines is 1. The van der Waals surface area contributed by atoms with Crippen molar-refractivity contribution >= 4 is 39.0 Å².